The first-order chi connectivity index (χ1) is 9.54. The molecule has 0 bridgehead atoms. The van der Waals surface area contributed by atoms with E-state index >= 15 is 0 Å². The minimum atomic E-state index is -0.565. The van der Waals surface area contributed by atoms with Gasteiger partial charge in [-0.1, -0.05) is 13.8 Å². The fourth-order valence-electron chi connectivity index (χ4n) is 2.44. The second-order valence-corrected chi connectivity index (χ2v) is 5.33. The number of aromatic nitrogens is 3. The molecule has 2 heterocycles. The van der Waals surface area contributed by atoms with E-state index in [-0.39, 0.29) is 12.0 Å². The molecule has 1 atom stereocenters. The Morgan fingerprint density at radius 1 is 1.25 bits per heavy atom. The molecule has 0 fully saturated rings. The monoisotopic (exact) mass is 278 g/mol. The lowest BCUT2D eigenvalue weighted by Crippen LogP contribution is -2.25. The van der Waals surface area contributed by atoms with Gasteiger partial charge < -0.3 is 5.32 Å². The highest BCUT2D eigenvalue weighted by molar-refractivity contribution is 5.33. The Morgan fingerprint density at radius 3 is 2.60 bits per heavy atom. The molecule has 1 N–H and O–H groups in total. The molecule has 2 aromatic rings. The maximum atomic E-state index is 13.4. The summed E-state index contributed by atoms with van der Waals surface area (Å²) in [4.78, 5) is 4.42. The molecule has 1 aromatic heterocycles. The molecule has 1 unspecified atom stereocenters. The van der Waals surface area contributed by atoms with E-state index in [0.717, 1.165) is 18.3 Å². The lowest BCUT2D eigenvalue weighted by molar-refractivity contribution is 0.468. The second kappa shape index (κ2) is 4.85. The van der Waals surface area contributed by atoms with Crippen LogP contribution in [0.2, 0.25) is 0 Å². The van der Waals surface area contributed by atoms with E-state index in [1.54, 1.807) is 4.68 Å². The summed E-state index contributed by atoms with van der Waals surface area (Å²) in [6, 6.07) is 3.42. The van der Waals surface area contributed by atoms with Gasteiger partial charge in [0, 0.05) is 18.5 Å². The Labute approximate surface area is 115 Å². The smallest absolute Gasteiger partial charge is 0.221 e. The summed E-state index contributed by atoms with van der Waals surface area (Å²) in [6.45, 7) is 4.73. The number of benzene rings is 1. The quantitative estimate of drug-likeness (QED) is 0.918. The highest BCUT2D eigenvalue weighted by Gasteiger charge is 2.25. The van der Waals surface area contributed by atoms with Crippen LogP contribution in [0.5, 0.6) is 0 Å². The normalized spacial score (nSPS) is 17.9. The lowest BCUT2D eigenvalue weighted by atomic mass is 10.0. The molecular weight excluding hydrogens is 262 g/mol. The van der Waals surface area contributed by atoms with E-state index in [1.165, 1.54) is 12.1 Å². The van der Waals surface area contributed by atoms with E-state index < -0.39 is 11.6 Å². The van der Waals surface area contributed by atoms with Gasteiger partial charge in [0.15, 0.2) is 5.82 Å². The van der Waals surface area contributed by atoms with Gasteiger partial charge in [-0.25, -0.2) is 13.5 Å². The first kappa shape index (κ1) is 13.0. The Bertz CT molecular complexity index is 616. The molecule has 6 heteroatoms. The summed E-state index contributed by atoms with van der Waals surface area (Å²) >= 11 is 0. The molecule has 1 aliphatic heterocycles. The average molecular weight is 278 g/mol. The number of rotatable bonds is 2. The summed E-state index contributed by atoms with van der Waals surface area (Å²) in [5.41, 5.74) is 0.588. The van der Waals surface area contributed by atoms with Gasteiger partial charge in [-0.15, -0.1) is 0 Å². The van der Waals surface area contributed by atoms with E-state index in [0.29, 0.717) is 18.1 Å². The van der Waals surface area contributed by atoms with Crippen molar-refractivity contribution in [2.45, 2.75) is 32.2 Å². The Morgan fingerprint density at radius 2 is 1.95 bits per heavy atom. The number of halogens is 2. The summed E-state index contributed by atoms with van der Waals surface area (Å²) in [5.74, 6) is 0.472. The zero-order valence-electron chi connectivity index (χ0n) is 11.4. The third-order valence-corrected chi connectivity index (χ3v) is 3.43. The molecule has 4 nitrogen and oxygen atoms in total. The zero-order valence-corrected chi connectivity index (χ0v) is 11.4. The summed E-state index contributed by atoms with van der Waals surface area (Å²) < 4.78 is 28.5. The molecule has 106 valence electrons. The van der Waals surface area contributed by atoms with Crippen LogP contribution in [-0.4, -0.2) is 21.3 Å². The molecule has 0 spiro atoms. The average Bonchev–Trinajstić information content (AvgIpc) is 2.81. The number of hydrogen-bond acceptors (Lipinski definition) is 3. The lowest BCUT2D eigenvalue weighted by Gasteiger charge is -2.24. The van der Waals surface area contributed by atoms with Crippen molar-refractivity contribution in [1.82, 2.24) is 14.8 Å². The van der Waals surface area contributed by atoms with Crippen molar-refractivity contribution in [2.24, 2.45) is 0 Å². The van der Waals surface area contributed by atoms with E-state index in [2.05, 4.69) is 15.4 Å². The van der Waals surface area contributed by atoms with Crippen LogP contribution in [0.15, 0.2) is 18.2 Å². The first-order valence-corrected chi connectivity index (χ1v) is 6.71. The standard InChI is InChI=1S/C14H16F2N4/c1-8(2)13-18-14-17-4-3-12(20(14)19-13)9-5-10(15)7-11(16)6-9/h5-8,12H,3-4H2,1-2H3,(H,17,18,19). The van der Waals surface area contributed by atoms with Crippen molar-refractivity contribution < 1.29 is 8.78 Å². The predicted molar refractivity (Wildman–Crippen MR) is 71.7 cm³/mol. The van der Waals surface area contributed by atoms with Crippen molar-refractivity contribution in [3.63, 3.8) is 0 Å². The maximum Gasteiger partial charge on any atom is 0.221 e. The van der Waals surface area contributed by atoms with Crippen molar-refractivity contribution in [2.75, 3.05) is 11.9 Å². The van der Waals surface area contributed by atoms with Gasteiger partial charge in [0.2, 0.25) is 5.95 Å². The van der Waals surface area contributed by atoms with Crippen LogP contribution in [-0.2, 0) is 0 Å². The van der Waals surface area contributed by atoms with Crippen LogP contribution in [0.4, 0.5) is 14.7 Å². The number of anilines is 1. The minimum absolute atomic E-state index is 0.184. The molecule has 3 rings (SSSR count). The van der Waals surface area contributed by atoms with Crippen LogP contribution < -0.4 is 5.32 Å². The predicted octanol–water partition coefficient (Wildman–Crippen LogP) is 3.08. The van der Waals surface area contributed by atoms with Crippen LogP contribution in [0.1, 0.15) is 43.6 Å². The number of fused-ring (bicyclic) bond motifs is 1. The molecular formula is C14H16F2N4. The Hall–Kier alpha value is -1.98. The van der Waals surface area contributed by atoms with Crippen molar-refractivity contribution in [3.05, 3.63) is 41.2 Å². The van der Waals surface area contributed by atoms with Gasteiger partial charge >= 0.3 is 0 Å². The number of nitrogens with zero attached hydrogens (tertiary/aromatic N) is 3. The maximum absolute atomic E-state index is 13.4. The summed E-state index contributed by atoms with van der Waals surface area (Å²) in [7, 11) is 0. The molecule has 1 aromatic carbocycles. The number of nitrogens with one attached hydrogen (secondary N) is 1. The SMILES string of the molecule is CC(C)c1nc2n(n1)C(c1cc(F)cc(F)c1)CCN2. The van der Waals surface area contributed by atoms with Gasteiger partial charge in [0.05, 0.1) is 6.04 Å². The minimum Gasteiger partial charge on any atom is -0.354 e. The third kappa shape index (κ3) is 2.26. The topological polar surface area (TPSA) is 42.7 Å². The van der Waals surface area contributed by atoms with Crippen molar-refractivity contribution in [1.29, 1.82) is 0 Å². The third-order valence-electron chi connectivity index (χ3n) is 3.43. The van der Waals surface area contributed by atoms with Gasteiger partial charge in [0.25, 0.3) is 0 Å². The zero-order chi connectivity index (χ0) is 14.3. The Balaban J connectivity index is 2.04. The van der Waals surface area contributed by atoms with E-state index in [4.69, 9.17) is 0 Å². The largest absolute Gasteiger partial charge is 0.354 e. The van der Waals surface area contributed by atoms with Crippen molar-refractivity contribution in [3.8, 4) is 0 Å². The molecule has 0 aliphatic carbocycles. The molecule has 20 heavy (non-hydrogen) atoms. The van der Waals surface area contributed by atoms with Crippen LogP contribution in [0, 0.1) is 11.6 Å². The van der Waals surface area contributed by atoms with Gasteiger partial charge in [-0.2, -0.15) is 10.1 Å². The fourth-order valence-corrected chi connectivity index (χ4v) is 2.44. The van der Waals surface area contributed by atoms with E-state index in [1.807, 2.05) is 13.8 Å². The van der Waals surface area contributed by atoms with Gasteiger partial charge in [-0.05, 0) is 24.1 Å². The number of hydrogen-bond donors (Lipinski definition) is 1. The molecule has 1 aliphatic rings. The second-order valence-electron chi connectivity index (χ2n) is 5.33. The highest BCUT2D eigenvalue weighted by atomic mass is 19.1. The van der Waals surface area contributed by atoms with Crippen molar-refractivity contribution >= 4 is 5.95 Å². The summed E-state index contributed by atoms with van der Waals surface area (Å²) in [5, 5.41) is 7.63. The molecule has 0 amide bonds. The first-order valence-electron chi connectivity index (χ1n) is 6.71. The van der Waals surface area contributed by atoms with Crippen LogP contribution >= 0.6 is 0 Å². The van der Waals surface area contributed by atoms with Gasteiger partial charge in [-0.3, -0.25) is 0 Å². The van der Waals surface area contributed by atoms with Crippen LogP contribution in [0.3, 0.4) is 0 Å². The highest BCUT2D eigenvalue weighted by Crippen LogP contribution is 2.30. The summed E-state index contributed by atoms with van der Waals surface area (Å²) in [6.07, 6.45) is 0.719. The Kier molecular flexibility index (Phi) is 3.16. The van der Waals surface area contributed by atoms with Crippen LogP contribution in [0.25, 0.3) is 0 Å². The molecule has 0 saturated heterocycles. The fraction of sp³-hybridized carbons (Fsp3) is 0.429. The van der Waals surface area contributed by atoms with E-state index in [9.17, 15) is 8.78 Å². The molecule has 0 radical (unpaired) electrons. The van der Waals surface area contributed by atoms with Gasteiger partial charge in [0.1, 0.15) is 11.6 Å². The molecule has 0 saturated carbocycles.